The van der Waals surface area contributed by atoms with E-state index in [1.54, 1.807) is 0 Å². The summed E-state index contributed by atoms with van der Waals surface area (Å²) in [6.45, 7) is 0.892. The lowest BCUT2D eigenvalue weighted by molar-refractivity contribution is -0.122. The molecule has 1 fully saturated rings. The Morgan fingerprint density at radius 2 is 2.05 bits per heavy atom. The molecule has 1 saturated carbocycles. The summed E-state index contributed by atoms with van der Waals surface area (Å²) < 4.78 is 0. The molecular weight excluding hydrogens is 248 g/mol. The van der Waals surface area contributed by atoms with Gasteiger partial charge in [0, 0.05) is 18.5 Å². The maximum absolute atomic E-state index is 11.9. The van der Waals surface area contributed by atoms with Crippen LogP contribution in [0.4, 0.5) is 0 Å². The molecule has 106 valence electrons. The molecule has 20 heavy (non-hydrogen) atoms. The number of nitrogens with one attached hydrogen (secondary N) is 1. The first kappa shape index (κ1) is 14.6. The Labute approximate surface area is 120 Å². The SMILES string of the molecule is NCC#Cc1ccccc1CNC(=O)CC1CCCC1. The van der Waals surface area contributed by atoms with Crippen LogP contribution in [0.25, 0.3) is 0 Å². The first-order valence-corrected chi connectivity index (χ1v) is 7.33. The second kappa shape index (κ2) is 7.72. The third-order valence-electron chi connectivity index (χ3n) is 3.77. The molecule has 0 bridgehead atoms. The molecule has 0 spiro atoms. The minimum absolute atomic E-state index is 0.151. The van der Waals surface area contributed by atoms with E-state index in [9.17, 15) is 4.79 Å². The van der Waals surface area contributed by atoms with Gasteiger partial charge in [0.2, 0.25) is 5.91 Å². The van der Waals surface area contributed by atoms with E-state index in [0.29, 0.717) is 25.4 Å². The number of nitrogens with two attached hydrogens (primary N) is 1. The minimum Gasteiger partial charge on any atom is -0.352 e. The number of carbonyl (C=O) groups excluding carboxylic acids is 1. The minimum atomic E-state index is 0.151. The van der Waals surface area contributed by atoms with Crippen LogP contribution in [0.1, 0.15) is 43.2 Å². The normalized spacial score (nSPS) is 14.7. The van der Waals surface area contributed by atoms with Gasteiger partial charge >= 0.3 is 0 Å². The Kier molecular flexibility index (Phi) is 5.64. The van der Waals surface area contributed by atoms with E-state index >= 15 is 0 Å². The lowest BCUT2D eigenvalue weighted by Gasteiger charge is -2.10. The van der Waals surface area contributed by atoms with Gasteiger partial charge in [0.15, 0.2) is 0 Å². The molecule has 0 aromatic heterocycles. The average molecular weight is 270 g/mol. The van der Waals surface area contributed by atoms with Crippen molar-refractivity contribution in [2.75, 3.05) is 6.54 Å². The van der Waals surface area contributed by atoms with Crippen molar-refractivity contribution in [3.8, 4) is 11.8 Å². The van der Waals surface area contributed by atoms with Crippen LogP contribution < -0.4 is 11.1 Å². The van der Waals surface area contributed by atoms with Crippen molar-refractivity contribution in [1.29, 1.82) is 0 Å². The summed E-state index contributed by atoms with van der Waals surface area (Å²) in [6, 6.07) is 7.87. The summed E-state index contributed by atoms with van der Waals surface area (Å²) in [4.78, 5) is 11.9. The Hall–Kier alpha value is -1.79. The second-order valence-electron chi connectivity index (χ2n) is 5.29. The van der Waals surface area contributed by atoms with E-state index in [1.165, 1.54) is 25.7 Å². The topological polar surface area (TPSA) is 55.1 Å². The molecular formula is C17H22N2O. The third kappa shape index (κ3) is 4.40. The van der Waals surface area contributed by atoms with Gasteiger partial charge in [0.25, 0.3) is 0 Å². The van der Waals surface area contributed by atoms with Crippen molar-refractivity contribution in [3.05, 3.63) is 35.4 Å². The van der Waals surface area contributed by atoms with E-state index in [1.807, 2.05) is 24.3 Å². The van der Waals surface area contributed by atoms with Gasteiger partial charge in [-0.3, -0.25) is 4.79 Å². The van der Waals surface area contributed by atoms with E-state index in [0.717, 1.165) is 11.1 Å². The fourth-order valence-corrected chi connectivity index (χ4v) is 2.69. The van der Waals surface area contributed by atoms with E-state index in [2.05, 4.69) is 17.2 Å². The van der Waals surface area contributed by atoms with Gasteiger partial charge in [-0.2, -0.15) is 0 Å². The van der Waals surface area contributed by atoms with Crippen LogP contribution in [0.3, 0.4) is 0 Å². The molecule has 3 nitrogen and oxygen atoms in total. The van der Waals surface area contributed by atoms with Gasteiger partial charge in [-0.25, -0.2) is 0 Å². The zero-order chi connectivity index (χ0) is 14.2. The smallest absolute Gasteiger partial charge is 0.220 e. The molecule has 0 atom stereocenters. The molecule has 0 heterocycles. The van der Waals surface area contributed by atoms with Crippen LogP contribution >= 0.6 is 0 Å². The molecule has 1 aromatic carbocycles. The number of carbonyl (C=O) groups is 1. The van der Waals surface area contributed by atoms with E-state index in [4.69, 9.17) is 5.73 Å². The fourth-order valence-electron chi connectivity index (χ4n) is 2.69. The van der Waals surface area contributed by atoms with Gasteiger partial charge in [-0.05, 0) is 30.4 Å². The van der Waals surface area contributed by atoms with Gasteiger partial charge < -0.3 is 11.1 Å². The highest BCUT2D eigenvalue weighted by Gasteiger charge is 2.18. The van der Waals surface area contributed by atoms with Crippen molar-refractivity contribution in [1.82, 2.24) is 5.32 Å². The Morgan fingerprint density at radius 1 is 1.30 bits per heavy atom. The summed E-state index contributed by atoms with van der Waals surface area (Å²) in [7, 11) is 0. The molecule has 0 radical (unpaired) electrons. The van der Waals surface area contributed by atoms with Gasteiger partial charge in [-0.15, -0.1) is 0 Å². The lowest BCUT2D eigenvalue weighted by Crippen LogP contribution is -2.24. The quantitative estimate of drug-likeness (QED) is 0.824. The predicted molar refractivity (Wildman–Crippen MR) is 80.8 cm³/mol. The number of benzene rings is 1. The highest BCUT2D eigenvalue weighted by atomic mass is 16.1. The lowest BCUT2D eigenvalue weighted by atomic mass is 10.0. The number of hydrogen-bond acceptors (Lipinski definition) is 2. The first-order valence-electron chi connectivity index (χ1n) is 7.33. The zero-order valence-electron chi connectivity index (χ0n) is 11.8. The Bertz CT molecular complexity index is 507. The summed E-state index contributed by atoms with van der Waals surface area (Å²) in [6.07, 6.45) is 5.61. The van der Waals surface area contributed by atoms with Crippen LogP contribution in [0.5, 0.6) is 0 Å². The van der Waals surface area contributed by atoms with Crippen LogP contribution in [-0.2, 0) is 11.3 Å². The van der Waals surface area contributed by atoms with Crippen LogP contribution in [0, 0.1) is 17.8 Å². The van der Waals surface area contributed by atoms with Crippen LogP contribution in [0.2, 0.25) is 0 Å². The summed E-state index contributed by atoms with van der Waals surface area (Å²) in [5.74, 6) is 6.64. The molecule has 1 aliphatic carbocycles. The predicted octanol–water partition coefficient (Wildman–Crippen LogP) is 2.19. The van der Waals surface area contributed by atoms with E-state index in [-0.39, 0.29) is 5.91 Å². The zero-order valence-corrected chi connectivity index (χ0v) is 11.8. The standard InChI is InChI=1S/C17H22N2O/c18-11-5-10-15-8-3-4-9-16(15)13-19-17(20)12-14-6-1-2-7-14/h3-4,8-9,14H,1-2,6-7,11-13,18H2,(H,19,20). The van der Waals surface area contributed by atoms with Crippen molar-refractivity contribution in [2.24, 2.45) is 11.7 Å². The molecule has 2 rings (SSSR count). The summed E-state index contributed by atoms with van der Waals surface area (Å²) >= 11 is 0. The highest BCUT2D eigenvalue weighted by molar-refractivity contribution is 5.76. The molecule has 0 unspecified atom stereocenters. The van der Waals surface area contributed by atoms with Gasteiger partial charge in [-0.1, -0.05) is 42.9 Å². The number of hydrogen-bond donors (Lipinski definition) is 2. The molecule has 0 saturated heterocycles. The van der Waals surface area contributed by atoms with Crippen molar-refractivity contribution in [2.45, 2.75) is 38.6 Å². The molecule has 1 aromatic rings. The summed E-state index contributed by atoms with van der Waals surface area (Å²) in [5.41, 5.74) is 7.39. The van der Waals surface area contributed by atoms with Gasteiger partial charge in [0.1, 0.15) is 0 Å². The molecule has 1 amide bonds. The first-order chi connectivity index (χ1) is 9.79. The number of rotatable bonds is 4. The van der Waals surface area contributed by atoms with Crippen LogP contribution in [0.15, 0.2) is 24.3 Å². The maximum Gasteiger partial charge on any atom is 0.220 e. The Balaban J connectivity index is 1.88. The molecule has 0 aliphatic heterocycles. The average Bonchev–Trinajstić information content (AvgIpc) is 2.96. The molecule has 3 N–H and O–H groups in total. The monoisotopic (exact) mass is 270 g/mol. The van der Waals surface area contributed by atoms with Crippen molar-refractivity contribution in [3.63, 3.8) is 0 Å². The van der Waals surface area contributed by atoms with Crippen molar-refractivity contribution >= 4 is 5.91 Å². The largest absolute Gasteiger partial charge is 0.352 e. The van der Waals surface area contributed by atoms with E-state index < -0.39 is 0 Å². The van der Waals surface area contributed by atoms with Crippen molar-refractivity contribution < 1.29 is 4.79 Å². The molecule has 1 aliphatic rings. The fraction of sp³-hybridized carbons (Fsp3) is 0.471. The van der Waals surface area contributed by atoms with Gasteiger partial charge in [0.05, 0.1) is 6.54 Å². The number of amides is 1. The molecule has 3 heteroatoms. The second-order valence-corrected chi connectivity index (χ2v) is 5.29. The van der Waals surface area contributed by atoms with Crippen LogP contribution in [-0.4, -0.2) is 12.5 Å². The highest BCUT2D eigenvalue weighted by Crippen LogP contribution is 2.27. The maximum atomic E-state index is 11.9. The summed E-state index contributed by atoms with van der Waals surface area (Å²) in [5, 5.41) is 3.00. The Morgan fingerprint density at radius 3 is 2.80 bits per heavy atom. The third-order valence-corrected chi connectivity index (χ3v) is 3.77.